The molecule has 22 heavy (non-hydrogen) atoms. The summed E-state index contributed by atoms with van der Waals surface area (Å²) in [5.74, 6) is -0.00630. The van der Waals surface area contributed by atoms with Crippen LogP contribution in [0.2, 0.25) is 0 Å². The highest BCUT2D eigenvalue weighted by atomic mass is 16.5. The van der Waals surface area contributed by atoms with Crippen LogP contribution in [0.1, 0.15) is 40.0 Å². The predicted octanol–water partition coefficient (Wildman–Crippen LogP) is 2.80. The molecule has 0 radical (unpaired) electrons. The molecule has 116 valence electrons. The van der Waals surface area contributed by atoms with E-state index in [-0.39, 0.29) is 5.91 Å². The van der Waals surface area contributed by atoms with Gasteiger partial charge < -0.3 is 10.1 Å². The smallest absolute Gasteiger partial charge is 0.252 e. The minimum absolute atomic E-state index is 0.00630. The Morgan fingerprint density at radius 2 is 2.14 bits per heavy atom. The third-order valence-corrected chi connectivity index (χ3v) is 4.24. The lowest BCUT2D eigenvalue weighted by molar-refractivity contribution is 0.0937. The third kappa shape index (κ3) is 2.83. The van der Waals surface area contributed by atoms with E-state index >= 15 is 0 Å². The second-order valence-corrected chi connectivity index (χ2v) is 5.89. The second-order valence-electron chi connectivity index (χ2n) is 5.89. The van der Waals surface area contributed by atoms with Gasteiger partial charge in [0.25, 0.3) is 5.91 Å². The molecule has 2 aromatic rings. The van der Waals surface area contributed by atoms with E-state index in [0.29, 0.717) is 13.2 Å². The largest absolute Gasteiger partial charge is 0.383 e. The number of carbonyl (C=O) groups excluding carboxylic acids is 1. The molecule has 0 unspecified atom stereocenters. The minimum Gasteiger partial charge on any atom is -0.383 e. The van der Waals surface area contributed by atoms with E-state index in [1.165, 1.54) is 0 Å². The molecule has 0 spiro atoms. The van der Waals surface area contributed by atoms with Crippen LogP contribution in [-0.4, -0.2) is 31.2 Å². The van der Waals surface area contributed by atoms with Gasteiger partial charge in [0.2, 0.25) is 0 Å². The number of hydrogen-bond acceptors (Lipinski definition) is 3. The summed E-state index contributed by atoms with van der Waals surface area (Å²) in [4.78, 5) is 17.5. The van der Waals surface area contributed by atoms with Crippen LogP contribution in [0.15, 0.2) is 18.2 Å². The van der Waals surface area contributed by atoms with E-state index in [2.05, 4.69) is 17.4 Å². The van der Waals surface area contributed by atoms with E-state index in [4.69, 9.17) is 9.72 Å². The van der Waals surface area contributed by atoms with E-state index in [0.717, 1.165) is 59.0 Å². The number of carbonyl (C=O) groups is 1. The fourth-order valence-electron chi connectivity index (χ4n) is 3.15. The second kappa shape index (κ2) is 6.44. The van der Waals surface area contributed by atoms with Crippen LogP contribution < -0.4 is 5.32 Å². The van der Waals surface area contributed by atoms with Crippen molar-refractivity contribution in [3.63, 3.8) is 0 Å². The summed E-state index contributed by atoms with van der Waals surface area (Å²) in [6.45, 7) is 3.10. The molecule has 0 saturated heterocycles. The fourth-order valence-corrected chi connectivity index (χ4v) is 3.15. The van der Waals surface area contributed by atoms with Crippen LogP contribution in [0.4, 0.5) is 0 Å². The normalized spacial score (nSPS) is 13.9. The molecule has 3 rings (SSSR count). The number of aryl methyl sites for hydroxylation is 2. The number of ether oxygens (including phenoxy) is 1. The maximum atomic E-state index is 12.7. The van der Waals surface area contributed by atoms with Gasteiger partial charge in [0.1, 0.15) is 0 Å². The number of nitrogens with one attached hydrogen (secondary N) is 1. The molecule has 1 amide bonds. The summed E-state index contributed by atoms with van der Waals surface area (Å²) in [5, 5.41) is 3.94. The van der Waals surface area contributed by atoms with Crippen LogP contribution in [0.5, 0.6) is 0 Å². The highest BCUT2D eigenvalue weighted by Crippen LogP contribution is 2.29. The zero-order valence-electron chi connectivity index (χ0n) is 13.2. The topological polar surface area (TPSA) is 51.2 Å². The van der Waals surface area contributed by atoms with Crippen LogP contribution in [0, 0.1) is 6.92 Å². The standard InChI is InChI=1S/C18H22N2O2/c1-12-7-8-16-14(11-12)17(18(21)19-9-10-22-2)13-5-3-4-6-15(13)20-16/h7-8,11H,3-6,9-10H2,1-2H3,(H,19,21). The summed E-state index contributed by atoms with van der Waals surface area (Å²) in [6, 6.07) is 6.14. The van der Waals surface area contributed by atoms with E-state index in [9.17, 15) is 4.79 Å². The summed E-state index contributed by atoms with van der Waals surface area (Å²) >= 11 is 0. The number of amides is 1. The molecular formula is C18H22N2O2. The van der Waals surface area contributed by atoms with Crippen molar-refractivity contribution in [3.05, 3.63) is 40.6 Å². The highest BCUT2D eigenvalue weighted by molar-refractivity contribution is 6.07. The number of methoxy groups -OCH3 is 1. The van der Waals surface area contributed by atoms with Crippen molar-refractivity contribution in [2.45, 2.75) is 32.6 Å². The van der Waals surface area contributed by atoms with Gasteiger partial charge in [0, 0.05) is 24.7 Å². The quantitative estimate of drug-likeness (QED) is 0.883. The molecule has 0 saturated carbocycles. The van der Waals surface area contributed by atoms with Crippen molar-refractivity contribution < 1.29 is 9.53 Å². The Labute approximate surface area is 130 Å². The van der Waals surface area contributed by atoms with Crippen LogP contribution in [0.3, 0.4) is 0 Å². The fraction of sp³-hybridized carbons (Fsp3) is 0.444. The molecule has 4 nitrogen and oxygen atoms in total. The molecule has 1 heterocycles. The molecule has 1 aliphatic carbocycles. The first-order valence-electron chi connectivity index (χ1n) is 7.90. The van der Waals surface area contributed by atoms with Crippen LogP contribution in [0.25, 0.3) is 10.9 Å². The first-order valence-corrected chi connectivity index (χ1v) is 7.90. The number of rotatable bonds is 4. The maximum Gasteiger partial charge on any atom is 0.252 e. The third-order valence-electron chi connectivity index (χ3n) is 4.24. The highest BCUT2D eigenvalue weighted by Gasteiger charge is 2.22. The lowest BCUT2D eigenvalue weighted by Gasteiger charge is -2.20. The molecule has 0 bridgehead atoms. The molecular weight excluding hydrogens is 276 g/mol. The van der Waals surface area contributed by atoms with Crippen molar-refractivity contribution >= 4 is 16.8 Å². The van der Waals surface area contributed by atoms with E-state index in [1.54, 1.807) is 7.11 Å². The molecule has 1 aromatic heterocycles. The average Bonchev–Trinajstić information content (AvgIpc) is 2.52. The zero-order valence-corrected chi connectivity index (χ0v) is 13.2. The Bertz CT molecular complexity index is 710. The van der Waals surface area contributed by atoms with Crippen molar-refractivity contribution in [3.8, 4) is 0 Å². The van der Waals surface area contributed by atoms with Gasteiger partial charge >= 0.3 is 0 Å². The molecule has 0 atom stereocenters. The molecule has 1 aliphatic rings. The van der Waals surface area contributed by atoms with Gasteiger partial charge in [0.15, 0.2) is 0 Å². The number of benzene rings is 1. The lowest BCUT2D eigenvalue weighted by atomic mass is 9.89. The summed E-state index contributed by atoms with van der Waals surface area (Å²) in [7, 11) is 1.64. The van der Waals surface area contributed by atoms with Crippen molar-refractivity contribution in [2.24, 2.45) is 0 Å². The summed E-state index contributed by atoms with van der Waals surface area (Å²) < 4.78 is 5.02. The maximum absolute atomic E-state index is 12.7. The van der Waals surface area contributed by atoms with Crippen molar-refractivity contribution in [1.29, 1.82) is 0 Å². The number of aromatic nitrogens is 1. The van der Waals surface area contributed by atoms with E-state index < -0.39 is 0 Å². The summed E-state index contributed by atoms with van der Waals surface area (Å²) in [5.41, 5.74) is 5.12. The molecule has 0 fully saturated rings. The van der Waals surface area contributed by atoms with Crippen molar-refractivity contribution in [1.82, 2.24) is 10.3 Å². The lowest BCUT2D eigenvalue weighted by Crippen LogP contribution is -2.29. The Morgan fingerprint density at radius 1 is 1.32 bits per heavy atom. The number of pyridine rings is 1. The van der Waals surface area contributed by atoms with Crippen LogP contribution >= 0.6 is 0 Å². The number of hydrogen-bond donors (Lipinski definition) is 1. The van der Waals surface area contributed by atoms with Gasteiger partial charge in [-0.2, -0.15) is 0 Å². The van der Waals surface area contributed by atoms with Gasteiger partial charge in [-0.1, -0.05) is 11.6 Å². The van der Waals surface area contributed by atoms with Crippen LogP contribution in [-0.2, 0) is 17.6 Å². The molecule has 4 heteroatoms. The van der Waals surface area contributed by atoms with Gasteiger partial charge in [-0.25, -0.2) is 0 Å². The minimum atomic E-state index is -0.00630. The number of fused-ring (bicyclic) bond motifs is 2. The van der Waals surface area contributed by atoms with E-state index in [1.807, 2.05) is 13.0 Å². The molecule has 1 aromatic carbocycles. The van der Waals surface area contributed by atoms with Crippen molar-refractivity contribution in [2.75, 3.05) is 20.3 Å². The first-order chi connectivity index (χ1) is 10.7. The molecule has 0 aliphatic heterocycles. The van der Waals surface area contributed by atoms with Gasteiger partial charge in [-0.3, -0.25) is 9.78 Å². The predicted molar refractivity (Wildman–Crippen MR) is 87.3 cm³/mol. The Balaban J connectivity index is 2.11. The van der Waals surface area contributed by atoms with Gasteiger partial charge in [0.05, 0.1) is 17.7 Å². The number of nitrogens with zero attached hydrogens (tertiary/aromatic N) is 1. The van der Waals surface area contributed by atoms with Gasteiger partial charge in [-0.05, 0) is 50.3 Å². The Kier molecular flexibility index (Phi) is 4.39. The first kappa shape index (κ1) is 15.0. The summed E-state index contributed by atoms with van der Waals surface area (Å²) in [6.07, 6.45) is 4.20. The SMILES string of the molecule is COCCNC(=O)c1c2c(nc3ccc(C)cc13)CCCC2. The Morgan fingerprint density at radius 3 is 2.95 bits per heavy atom. The monoisotopic (exact) mass is 298 g/mol. The molecule has 1 N–H and O–H groups in total. The average molecular weight is 298 g/mol. The van der Waals surface area contributed by atoms with Gasteiger partial charge in [-0.15, -0.1) is 0 Å². The zero-order chi connectivity index (χ0) is 15.5. The Hall–Kier alpha value is -1.94.